The number of benzene rings is 2. The van der Waals surface area contributed by atoms with Gasteiger partial charge in [0, 0.05) is 17.4 Å². The molecule has 8 heteroatoms. The highest BCUT2D eigenvalue weighted by Gasteiger charge is 2.15. The van der Waals surface area contributed by atoms with Gasteiger partial charge in [0.05, 0.1) is 11.5 Å². The molecule has 1 N–H and O–H groups in total. The first-order valence-corrected chi connectivity index (χ1v) is 11.9. The molecule has 154 valence electrons. The summed E-state index contributed by atoms with van der Waals surface area (Å²) >= 11 is 1.50. The van der Waals surface area contributed by atoms with Crippen LogP contribution in [0.4, 0.5) is 5.69 Å². The molecule has 0 unspecified atom stereocenters. The molecule has 0 saturated carbocycles. The van der Waals surface area contributed by atoms with Crippen LogP contribution in [0.3, 0.4) is 0 Å². The second kappa shape index (κ2) is 8.81. The van der Waals surface area contributed by atoms with Gasteiger partial charge < -0.3 is 4.74 Å². The lowest BCUT2D eigenvalue weighted by molar-refractivity contribution is 0.309. The van der Waals surface area contributed by atoms with E-state index < -0.39 is 10.0 Å². The Morgan fingerprint density at radius 1 is 1.03 bits per heavy atom. The standard InChI is InChI=1S/C22H21N3O3S2/c1-2-3-15-28-18-10-12-19(13-11-18)30(26,27)25-17-8-6-16(7-9-17)21-24-20-5-4-14-23-22(20)29-21/h4-14,25H,2-3,15H2,1H3. The summed E-state index contributed by atoms with van der Waals surface area (Å²) in [6.07, 6.45) is 3.75. The van der Waals surface area contributed by atoms with Gasteiger partial charge in [0.2, 0.25) is 0 Å². The smallest absolute Gasteiger partial charge is 0.261 e. The fourth-order valence-electron chi connectivity index (χ4n) is 2.84. The maximum Gasteiger partial charge on any atom is 0.261 e. The largest absolute Gasteiger partial charge is 0.494 e. The molecule has 0 saturated heterocycles. The molecule has 0 amide bonds. The number of rotatable bonds is 8. The minimum atomic E-state index is -3.68. The summed E-state index contributed by atoms with van der Waals surface area (Å²) in [5.41, 5.74) is 2.25. The number of anilines is 1. The van der Waals surface area contributed by atoms with Gasteiger partial charge in [-0.25, -0.2) is 18.4 Å². The van der Waals surface area contributed by atoms with Crippen LogP contribution in [0, 0.1) is 0 Å². The lowest BCUT2D eigenvalue weighted by Crippen LogP contribution is -2.12. The van der Waals surface area contributed by atoms with Crippen molar-refractivity contribution < 1.29 is 13.2 Å². The Morgan fingerprint density at radius 3 is 2.50 bits per heavy atom. The van der Waals surface area contributed by atoms with E-state index in [4.69, 9.17) is 4.74 Å². The van der Waals surface area contributed by atoms with Gasteiger partial charge in [-0.05, 0) is 67.1 Å². The first kappa shape index (κ1) is 20.3. The molecule has 0 bridgehead atoms. The molecule has 4 aromatic rings. The molecule has 4 rings (SSSR count). The molecule has 0 spiro atoms. The van der Waals surface area contributed by atoms with Crippen LogP contribution in [0.2, 0.25) is 0 Å². The van der Waals surface area contributed by atoms with E-state index in [0.29, 0.717) is 18.0 Å². The van der Waals surface area contributed by atoms with Crippen molar-refractivity contribution in [1.82, 2.24) is 9.97 Å². The number of fused-ring (bicyclic) bond motifs is 1. The zero-order valence-corrected chi connectivity index (χ0v) is 18.0. The van der Waals surface area contributed by atoms with Gasteiger partial charge in [-0.3, -0.25) is 4.72 Å². The van der Waals surface area contributed by atoms with Gasteiger partial charge in [-0.1, -0.05) is 24.7 Å². The van der Waals surface area contributed by atoms with Crippen molar-refractivity contribution in [3.05, 3.63) is 66.9 Å². The summed E-state index contributed by atoms with van der Waals surface area (Å²) < 4.78 is 33.5. The zero-order chi connectivity index (χ0) is 21.0. The van der Waals surface area contributed by atoms with Gasteiger partial charge in [0.25, 0.3) is 10.0 Å². The molecule has 0 fully saturated rings. The quantitative estimate of drug-likeness (QED) is 0.375. The normalized spacial score (nSPS) is 11.5. The van der Waals surface area contributed by atoms with Gasteiger partial charge in [-0.15, -0.1) is 0 Å². The Morgan fingerprint density at radius 2 is 1.80 bits per heavy atom. The average molecular weight is 440 g/mol. The van der Waals surface area contributed by atoms with Crippen LogP contribution in [0.25, 0.3) is 20.9 Å². The number of nitrogens with zero attached hydrogens (tertiary/aromatic N) is 2. The predicted octanol–water partition coefficient (Wildman–Crippen LogP) is 5.34. The van der Waals surface area contributed by atoms with E-state index in [1.807, 2.05) is 24.3 Å². The third kappa shape index (κ3) is 4.60. The molecule has 0 aliphatic heterocycles. The minimum absolute atomic E-state index is 0.187. The number of hydrogen-bond donors (Lipinski definition) is 1. The topological polar surface area (TPSA) is 81.2 Å². The summed E-state index contributed by atoms with van der Waals surface area (Å²) in [6, 6.07) is 17.4. The molecule has 2 aromatic carbocycles. The highest BCUT2D eigenvalue weighted by atomic mass is 32.2. The van der Waals surface area contributed by atoms with E-state index in [-0.39, 0.29) is 4.90 Å². The van der Waals surface area contributed by atoms with Gasteiger partial charge in [-0.2, -0.15) is 0 Å². The minimum Gasteiger partial charge on any atom is -0.494 e. The van der Waals surface area contributed by atoms with Crippen LogP contribution < -0.4 is 9.46 Å². The van der Waals surface area contributed by atoms with Gasteiger partial charge >= 0.3 is 0 Å². The van der Waals surface area contributed by atoms with E-state index in [2.05, 4.69) is 21.6 Å². The predicted molar refractivity (Wildman–Crippen MR) is 121 cm³/mol. The monoisotopic (exact) mass is 439 g/mol. The van der Waals surface area contributed by atoms with Crippen LogP contribution in [0.5, 0.6) is 5.75 Å². The van der Waals surface area contributed by atoms with Crippen LogP contribution in [-0.2, 0) is 10.0 Å². The number of ether oxygens (including phenoxy) is 1. The van der Waals surface area contributed by atoms with Gasteiger partial charge in [0.1, 0.15) is 21.1 Å². The Hall–Kier alpha value is -2.97. The number of unbranched alkanes of at least 4 members (excludes halogenated alkanes) is 1. The second-order valence-corrected chi connectivity index (χ2v) is 9.36. The zero-order valence-electron chi connectivity index (χ0n) is 16.4. The summed E-state index contributed by atoms with van der Waals surface area (Å²) in [4.78, 5) is 9.95. The van der Waals surface area contributed by atoms with Crippen molar-refractivity contribution >= 4 is 37.4 Å². The summed E-state index contributed by atoms with van der Waals surface area (Å²) in [5.74, 6) is 0.664. The van der Waals surface area contributed by atoms with Crippen LogP contribution >= 0.6 is 11.3 Å². The first-order chi connectivity index (χ1) is 14.5. The molecule has 6 nitrogen and oxygen atoms in total. The average Bonchev–Trinajstić information content (AvgIpc) is 3.19. The van der Waals surface area contributed by atoms with E-state index in [9.17, 15) is 8.42 Å². The highest BCUT2D eigenvalue weighted by molar-refractivity contribution is 7.92. The SMILES string of the molecule is CCCCOc1ccc(S(=O)(=O)Nc2ccc(-c3nc4cccnc4s3)cc2)cc1. The fourth-order valence-corrected chi connectivity index (χ4v) is 4.81. The maximum atomic E-state index is 12.7. The van der Waals surface area contributed by atoms with Crippen molar-refractivity contribution in [2.75, 3.05) is 11.3 Å². The van der Waals surface area contributed by atoms with E-state index >= 15 is 0 Å². The lowest BCUT2D eigenvalue weighted by Gasteiger charge is -2.10. The third-order valence-electron chi connectivity index (χ3n) is 4.45. The number of nitrogens with one attached hydrogen (secondary N) is 1. The molecule has 0 radical (unpaired) electrons. The number of aromatic nitrogens is 2. The number of thiazole rings is 1. The first-order valence-electron chi connectivity index (χ1n) is 9.63. The molecule has 30 heavy (non-hydrogen) atoms. The number of pyridine rings is 1. The maximum absolute atomic E-state index is 12.7. The summed E-state index contributed by atoms with van der Waals surface area (Å²) in [6.45, 7) is 2.71. The van der Waals surface area contributed by atoms with Gasteiger partial charge in [0.15, 0.2) is 0 Å². The summed E-state index contributed by atoms with van der Waals surface area (Å²) in [7, 11) is -3.68. The van der Waals surface area contributed by atoms with E-state index in [1.165, 1.54) is 11.3 Å². The third-order valence-corrected chi connectivity index (χ3v) is 6.88. The van der Waals surface area contributed by atoms with Crippen molar-refractivity contribution in [3.63, 3.8) is 0 Å². The van der Waals surface area contributed by atoms with E-state index in [1.54, 1.807) is 42.6 Å². The van der Waals surface area contributed by atoms with Crippen LogP contribution in [0.15, 0.2) is 71.8 Å². The van der Waals surface area contributed by atoms with Crippen LogP contribution in [-0.4, -0.2) is 25.0 Å². The second-order valence-electron chi connectivity index (χ2n) is 6.70. The highest BCUT2D eigenvalue weighted by Crippen LogP contribution is 2.30. The molecule has 0 atom stereocenters. The number of sulfonamides is 1. The molecule has 2 aromatic heterocycles. The van der Waals surface area contributed by atoms with Crippen molar-refractivity contribution in [3.8, 4) is 16.3 Å². The summed E-state index contributed by atoms with van der Waals surface area (Å²) in [5, 5.41) is 0.844. The lowest BCUT2D eigenvalue weighted by atomic mass is 10.2. The molecule has 0 aliphatic carbocycles. The van der Waals surface area contributed by atoms with Crippen molar-refractivity contribution in [2.45, 2.75) is 24.7 Å². The van der Waals surface area contributed by atoms with E-state index in [0.717, 1.165) is 33.8 Å². The molecular formula is C22H21N3O3S2. The molecular weight excluding hydrogens is 418 g/mol. The molecule has 0 aliphatic rings. The van der Waals surface area contributed by atoms with Crippen LogP contribution in [0.1, 0.15) is 19.8 Å². The van der Waals surface area contributed by atoms with Crippen molar-refractivity contribution in [2.24, 2.45) is 0 Å². The Kier molecular flexibility index (Phi) is 5.96. The Bertz CT molecular complexity index is 1200. The number of hydrogen-bond acceptors (Lipinski definition) is 6. The fraction of sp³-hybridized carbons (Fsp3) is 0.182. The molecule has 2 heterocycles. The Labute approximate surface area is 179 Å². The van der Waals surface area contributed by atoms with Crippen molar-refractivity contribution in [1.29, 1.82) is 0 Å². The Balaban J connectivity index is 1.46.